The zero-order valence-electron chi connectivity index (χ0n) is 15.4. The monoisotopic (exact) mass is 428 g/mol. The quantitative estimate of drug-likeness (QED) is 0.592. The Bertz CT molecular complexity index is 1200. The molecule has 0 aliphatic carbocycles. The zero-order chi connectivity index (χ0) is 19.6. The van der Waals surface area contributed by atoms with Gasteiger partial charge in [-0.25, -0.2) is 4.98 Å². The van der Waals surface area contributed by atoms with Crippen molar-refractivity contribution in [3.8, 4) is 0 Å². The topological polar surface area (TPSA) is 94.4 Å². The van der Waals surface area contributed by atoms with Crippen LogP contribution in [0.2, 0.25) is 0 Å². The molecule has 27 heavy (non-hydrogen) atoms. The molecule has 0 saturated carbocycles. The Kier molecular flexibility index (Phi) is 5.32. The van der Waals surface area contributed by atoms with Crippen LogP contribution in [0.15, 0.2) is 44.7 Å². The smallest absolute Gasteiger partial charge is 0.272 e. The third kappa shape index (κ3) is 4.54. The third-order valence-corrected chi connectivity index (χ3v) is 4.61. The summed E-state index contributed by atoms with van der Waals surface area (Å²) in [7, 11) is 0. The molecule has 3 N–H and O–H groups in total. The van der Waals surface area contributed by atoms with Crippen molar-refractivity contribution < 1.29 is 0 Å². The molecule has 0 atom stereocenters. The molecular weight excluding hydrogens is 408 g/mol. The van der Waals surface area contributed by atoms with Gasteiger partial charge in [0.15, 0.2) is 0 Å². The van der Waals surface area contributed by atoms with Crippen LogP contribution in [0.3, 0.4) is 0 Å². The number of nitrogens with one attached hydrogen (secondary N) is 3. The van der Waals surface area contributed by atoms with E-state index >= 15 is 0 Å². The van der Waals surface area contributed by atoms with Crippen molar-refractivity contribution in [2.24, 2.45) is 0 Å². The minimum atomic E-state index is -0.363. The molecule has 3 rings (SSSR count). The van der Waals surface area contributed by atoms with Gasteiger partial charge in [-0.05, 0) is 30.2 Å². The van der Waals surface area contributed by atoms with Crippen molar-refractivity contribution in [3.05, 3.63) is 83.4 Å². The highest BCUT2D eigenvalue weighted by atomic mass is 79.9. The lowest BCUT2D eigenvalue weighted by molar-refractivity contribution is 0.571. The lowest BCUT2D eigenvalue weighted by Gasteiger charge is -2.16. The minimum Gasteiger partial charge on any atom is -0.348 e. The van der Waals surface area contributed by atoms with E-state index in [2.05, 4.69) is 35.9 Å². The van der Waals surface area contributed by atoms with E-state index in [1.165, 1.54) is 0 Å². The van der Waals surface area contributed by atoms with Crippen LogP contribution in [0.4, 0.5) is 0 Å². The first-order chi connectivity index (χ1) is 12.7. The first-order valence-electron chi connectivity index (χ1n) is 8.57. The van der Waals surface area contributed by atoms with Crippen molar-refractivity contribution >= 4 is 28.1 Å². The number of hydrogen-bond acceptors (Lipinski definition) is 3. The number of imidazole rings is 1. The summed E-state index contributed by atoms with van der Waals surface area (Å²) in [6, 6.07) is 7.79. The largest absolute Gasteiger partial charge is 0.348 e. The summed E-state index contributed by atoms with van der Waals surface area (Å²) in [5, 5.41) is 0.424. The van der Waals surface area contributed by atoms with Crippen LogP contribution in [0.25, 0.3) is 12.2 Å². The van der Waals surface area contributed by atoms with Gasteiger partial charge in [0.2, 0.25) is 0 Å². The Balaban J connectivity index is 2.01. The minimum absolute atomic E-state index is 0.160. The van der Waals surface area contributed by atoms with E-state index in [-0.39, 0.29) is 27.2 Å². The van der Waals surface area contributed by atoms with Crippen LogP contribution in [-0.2, 0) is 11.8 Å². The number of halogens is 1. The molecule has 0 amide bonds. The van der Waals surface area contributed by atoms with Gasteiger partial charge in [0.1, 0.15) is 10.7 Å². The van der Waals surface area contributed by atoms with Gasteiger partial charge in [-0.3, -0.25) is 9.59 Å². The predicted molar refractivity (Wildman–Crippen MR) is 110 cm³/mol. The van der Waals surface area contributed by atoms with Gasteiger partial charge in [0.05, 0.1) is 12.0 Å². The molecule has 0 aliphatic heterocycles. The molecule has 0 bridgehead atoms. The Labute approximate surface area is 164 Å². The van der Waals surface area contributed by atoms with Gasteiger partial charge in [-0.2, -0.15) is 0 Å². The van der Waals surface area contributed by atoms with Gasteiger partial charge in [0, 0.05) is 15.6 Å². The maximum absolute atomic E-state index is 12.4. The van der Waals surface area contributed by atoms with E-state index in [4.69, 9.17) is 0 Å². The van der Waals surface area contributed by atoms with Crippen molar-refractivity contribution in [2.45, 2.75) is 32.6 Å². The Morgan fingerprint density at radius 3 is 2.52 bits per heavy atom. The molecular formula is C20H21BrN4O2. The summed E-state index contributed by atoms with van der Waals surface area (Å²) in [5.74, 6) is 0. The number of nitrogens with zero attached hydrogens (tertiary/aromatic N) is 1. The normalized spacial score (nSPS) is 13.3. The first-order valence-corrected chi connectivity index (χ1v) is 9.36. The number of aromatic nitrogens is 4. The second kappa shape index (κ2) is 7.52. The molecule has 7 heteroatoms. The Hall–Kier alpha value is -2.67. The number of aromatic amines is 3. The fourth-order valence-corrected chi connectivity index (χ4v) is 3.22. The maximum Gasteiger partial charge on any atom is 0.272 e. The summed E-state index contributed by atoms with van der Waals surface area (Å²) >= 11 is 3.42. The summed E-state index contributed by atoms with van der Waals surface area (Å²) in [4.78, 5) is 37.5. The maximum atomic E-state index is 12.4. The summed E-state index contributed by atoms with van der Waals surface area (Å²) in [6.07, 6.45) is 5.42. The molecule has 140 valence electrons. The fourth-order valence-electron chi connectivity index (χ4n) is 2.77. The van der Waals surface area contributed by atoms with Crippen molar-refractivity contribution in [1.82, 2.24) is 19.9 Å². The van der Waals surface area contributed by atoms with E-state index in [0.29, 0.717) is 12.1 Å². The highest BCUT2D eigenvalue weighted by Gasteiger charge is 2.19. The summed E-state index contributed by atoms with van der Waals surface area (Å²) in [6.45, 7) is 6.14. The van der Waals surface area contributed by atoms with Crippen LogP contribution in [0.1, 0.15) is 37.7 Å². The van der Waals surface area contributed by atoms with E-state index in [1.54, 1.807) is 18.5 Å². The lowest BCUT2D eigenvalue weighted by atomic mass is 9.90. The zero-order valence-corrected chi connectivity index (χ0v) is 17.0. The summed E-state index contributed by atoms with van der Waals surface area (Å²) < 4.78 is 0.967. The molecule has 0 spiro atoms. The third-order valence-electron chi connectivity index (χ3n) is 4.12. The molecule has 3 aromatic rings. The predicted octanol–water partition coefficient (Wildman–Crippen LogP) is 1.70. The number of H-pyrrole nitrogens is 3. The standard InChI is InChI=1S/C20H21BrN4O2/c1-20(2,3)17-15(22-11-23-17)10-16-19(27)24-14(18(26)25-16)8-7-12-5-4-6-13(21)9-12/h4-6,8-11H,7H2,1-3H3,(H,22,23)(H,24,27)(H,25,26)/b14-8?,16-10-. The Morgan fingerprint density at radius 2 is 1.81 bits per heavy atom. The molecule has 0 fully saturated rings. The average Bonchev–Trinajstić information content (AvgIpc) is 3.05. The highest BCUT2D eigenvalue weighted by Crippen LogP contribution is 2.22. The van der Waals surface area contributed by atoms with Crippen LogP contribution in [0.5, 0.6) is 0 Å². The van der Waals surface area contributed by atoms with Crippen LogP contribution in [0, 0.1) is 0 Å². The first kappa shape index (κ1) is 19.1. The average molecular weight is 429 g/mol. The van der Waals surface area contributed by atoms with E-state index < -0.39 is 0 Å². The highest BCUT2D eigenvalue weighted by molar-refractivity contribution is 9.10. The van der Waals surface area contributed by atoms with E-state index in [1.807, 2.05) is 45.0 Å². The number of benzene rings is 1. The molecule has 0 saturated heterocycles. The van der Waals surface area contributed by atoms with Crippen LogP contribution >= 0.6 is 15.9 Å². The molecule has 0 radical (unpaired) electrons. The van der Waals surface area contributed by atoms with Crippen molar-refractivity contribution in [1.29, 1.82) is 0 Å². The molecule has 1 aromatic carbocycles. The van der Waals surface area contributed by atoms with E-state index in [0.717, 1.165) is 15.7 Å². The molecule has 0 unspecified atom stereocenters. The van der Waals surface area contributed by atoms with Crippen molar-refractivity contribution in [2.75, 3.05) is 0 Å². The SMILES string of the molecule is CC(C)(C)c1[nH]cnc1/C=c1\[nH]c(=O)c(=CCc2cccc(Br)c2)[nH]c1=O. The fraction of sp³-hybridized carbons (Fsp3) is 0.250. The molecule has 6 nitrogen and oxygen atoms in total. The number of rotatable bonds is 3. The van der Waals surface area contributed by atoms with E-state index in [9.17, 15) is 9.59 Å². The number of hydrogen-bond donors (Lipinski definition) is 3. The van der Waals surface area contributed by atoms with Gasteiger partial charge < -0.3 is 15.0 Å². The van der Waals surface area contributed by atoms with Gasteiger partial charge in [-0.15, -0.1) is 0 Å². The molecule has 2 heterocycles. The van der Waals surface area contributed by atoms with Crippen LogP contribution < -0.4 is 21.8 Å². The second-order valence-electron chi connectivity index (χ2n) is 7.33. The van der Waals surface area contributed by atoms with Gasteiger partial charge in [0.25, 0.3) is 11.1 Å². The summed E-state index contributed by atoms with van der Waals surface area (Å²) in [5.41, 5.74) is 1.70. The molecule has 2 aromatic heterocycles. The Morgan fingerprint density at radius 1 is 1.11 bits per heavy atom. The second-order valence-corrected chi connectivity index (χ2v) is 8.25. The molecule has 0 aliphatic rings. The van der Waals surface area contributed by atoms with Crippen molar-refractivity contribution in [3.63, 3.8) is 0 Å². The lowest BCUT2D eigenvalue weighted by Crippen LogP contribution is -2.46. The van der Waals surface area contributed by atoms with Gasteiger partial charge in [-0.1, -0.05) is 54.9 Å². The van der Waals surface area contributed by atoms with Crippen LogP contribution in [-0.4, -0.2) is 19.9 Å². The van der Waals surface area contributed by atoms with Gasteiger partial charge >= 0.3 is 0 Å².